The van der Waals surface area contributed by atoms with Gasteiger partial charge in [0.15, 0.2) is 11.6 Å². The van der Waals surface area contributed by atoms with Gasteiger partial charge in [0.1, 0.15) is 0 Å². The first kappa shape index (κ1) is 12.3. The summed E-state index contributed by atoms with van der Waals surface area (Å²) in [7, 11) is 1.47. The van der Waals surface area contributed by atoms with Gasteiger partial charge in [0.25, 0.3) is 0 Å². The third-order valence-electron chi connectivity index (χ3n) is 2.69. The van der Waals surface area contributed by atoms with E-state index in [0.717, 1.165) is 18.4 Å². The molecule has 1 atom stereocenters. The van der Waals surface area contributed by atoms with Gasteiger partial charge >= 0.3 is 0 Å². The summed E-state index contributed by atoms with van der Waals surface area (Å²) < 4.78 is 18.3. The predicted molar refractivity (Wildman–Crippen MR) is 59.9 cm³/mol. The average Bonchev–Trinajstić information content (AvgIpc) is 2.99. The molecule has 1 saturated carbocycles. The molecule has 0 aromatic heterocycles. The Bertz CT molecular complexity index is 341. The van der Waals surface area contributed by atoms with Crippen LogP contribution in [0.25, 0.3) is 0 Å². The van der Waals surface area contributed by atoms with Gasteiger partial charge in [-0.3, -0.25) is 0 Å². The lowest BCUT2D eigenvalue weighted by molar-refractivity contribution is 0.375. The minimum absolute atomic E-state index is 0. The predicted octanol–water partition coefficient (Wildman–Crippen LogP) is 2.67. The Balaban J connectivity index is 0.00000112. The van der Waals surface area contributed by atoms with E-state index in [2.05, 4.69) is 0 Å². The van der Waals surface area contributed by atoms with Crippen LogP contribution in [-0.2, 0) is 0 Å². The number of halogens is 2. The SMILES string of the molecule is COc1c(F)cccc1[C@@H](N)C1CC1.Cl. The van der Waals surface area contributed by atoms with Gasteiger partial charge in [-0.1, -0.05) is 12.1 Å². The maximum atomic E-state index is 13.3. The molecule has 2 rings (SSSR count). The summed E-state index contributed by atoms with van der Waals surface area (Å²) in [5, 5.41) is 0. The normalized spacial score (nSPS) is 16.7. The number of methoxy groups -OCH3 is 1. The number of benzene rings is 1. The van der Waals surface area contributed by atoms with E-state index >= 15 is 0 Å². The van der Waals surface area contributed by atoms with E-state index in [1.165, 1.54) is 13.2 Å². The van der Waals surface area contributed by atoms with Crippen molar-refractivity contribution in [3.05, 3.63) is 29.6 Å². The third-order valence-corrected chi connectivity index (χ3v) is 2.69. The van der Waals surface area contributed by atoms with Gasteiger partial charge in [0, 0.05) is 11.6 Å². The lowest BCUT2D eigenvalue weighted by Crippen LogP contribution is -2.14. The van der Waals surface area contributed by atoms with Gasteiger partial charge in [-0.25, -0.2) is 4.39 Å². The van der Waals surface area contributed by atoms with E-state index in [9.17, 15) is 4.39 Å². The van der Waals surface area contributed by atoms with Crippen molar-refractivity contribution in [2.45, 2.75) is 18.9 Å². The molecule has 1 aliphatic rings. The lowest BCUT2D eigenvalue weighted by atomic mass is 10.0. The first-order valence-electron chi connectivity index (χ1n) is 4.82. The van der Waals surface area contributed by atoms with Crippen LogP contribution in [0.4, 0.5) is 4.39 Å². The molecule has 1 aromatic carbocycles. The molecule has 84 valence electrons. The van der Waals surface area contributed by atoms with Crippen LogP contribution in [0.5, 0.6) is 5.75 Å². The molecule has 1 fully saturated rings. The summed E-state index contributed by atoms with van der Waals surface area (Å²) in [5.41, 5.74) is 6.79. The van der Waals surface area contributed by atoms with Crippen LogP contribution in [-0.4, -0.2) is 7.11 Å². The smallest absolute Gasteiger partial charge is 0.165 e. The highest BCUT2D eigenvalue weighted by atomic mass is 35.5. The number of para-hydroxylation sites is 1. The van der Waals surface area contributed by atoms with E-state index in [4.69, 9.17) is 10.5 Å². The standard InChI is InChI=1S/C11H14FNO.ClH/c1-14-11-8(3-2-4-9(11)12)10(13)7-5-6-7;/h2-4,7,10H,5-6,13H2,1H3;1H/t10-;/m0./s1. The van der Waals surface area contributed by atoms with E-state index in [0.29, 0.717) is 11.7 Å². The highest BCUT2D eigenvalue weighted by Crippen LogP contribution is 2.42. The van der Waals surface area contributed by atoms with Gasteiger partial charge in [-0.05, 0) is 24.8 Å². The molecule has 0 amide bonds. The molecule has 2 nitrogen and oxygen atoms in total. The zero-order valence-electron chi connectivity index (χ0n) is 8.57. The highest BCUT2D eigenvalue weighted by molar-refractivity contribution is 5.85. The fourth-order valence-corrected chi connectivity index (χ4v) is 1.71. The first-order chi connectivity index (χ1) is 6.74. The molecule has 0 unspecified atom stereocenters. The van der Waals surface area contributed by atoms with Crippen LogP contribution >= 0.6 is 12.4 Å². The van der Waals surface area contributed by atoms with Crippen LogP contribution in [0.15, 0.2) is 18.2 Å². The lowest BCUT2D eigenvalue weighted by Gasteiger charge is -2.15. The van der Waals surface area contributed by atoms with Crippen LogP contribution in [0.1, 0.15) is 24.4 Å². The van der Waals surface area contributed by atoms with Crippen molar-refractivity contribution in [1.82, 2.24) is 0 Å². The van der Waals surface area contributed by atoms with E-state index in [1.807, 2.05) is 6.07 Å². The van der Waals surface area contributed by atoms with Crippen molar-refractivity contribution < 1.29 is 9.13 Å². The Morgan fingerprint density at radius 3 is 2.67 bits per heavy atom. The molecule has 15 heavy (non-hydrogen) atoms. The van der Waals surface area contributed by atoms with Crippen LogP contribution in [0.3, 0.4) is 0 Å². The summed E-state index contributed by atoms with van der Waals surface area (Å²) in [5.74, 6) is 0.471. The molecule has 1 aromatic rings. The topological polar surface area (TPSA) is 35.2 Å². The first-order valence-corrected chi connectivity index (χ1v) is 4.82. The van der Waals surface area contributed by atoms with Crippen molar-refractivity contribution in [1.29, 1.82) is 0 Å². The zero-order chi connectivity index (χ0) is 10.1. The Labute approximate surface area is 95.0 Å². The molecule has 4 heteroatoms. The molecule has 0 radical (unpaired) electrons. The quantitative estimate of drug-likeness (QED) is 0.868. The highest BCUT2D eigenvalue weighted by Gasteiger charge is 2.31. The summed E-state index contributed by atoms with van der Waals surface area (Å²) >= 11 is 0. The second kappa shape index (κ2) is 4.81. The summed E-state index contributed by atoms with van der Waals surface area (Å²) in [6, 6.07) is 4.82. The fourth-order valence-electron chi connectivity index (χ4n) is 1.71. The number of rotatable bonds is 3. The fraction of sp³-hybridized carbons (Fsp3) is 0.455. The van der Waals surface area contributed by atoms with Crippen molar-refractivity contribution >= 4 is 12.4 Å². The second-order valence-corrected chi connectivity index (χ2v) is 3.73. The maximum absolute atomic E-state index is 13.3. The van der Waals surface area contributed by atoms with Crippen LogP contribution in [0.2, 0.25) is 0 Å². The van der Waals surface area contributed by atoms with Crippen molar-refractivity contribution in [3.63, 3.8) is 0 Å². The molecule has 0 heterocycles. The van der Waals surface area contributed by atoms with Gasteiger partial charge < -0.3 is 10.5 Å². The van der Waals surface area contributed by atoms with E-state index in [-0.39, 0.29) is 24.3 Å². The van der Waals surface area contributed by atoms with Crippen LogP contribution < -0.4 is 10.5 Å². The molecule has 0 saturated heterocycles. The Kier molecular flexibility index (Phi) is 3.94. The molecule has 0 aliphatic heterocycles. The van der Waals surface area contributed by atoms with Gasteiger partial charge in [0.05, 0.1) is 7.11 Å². The monoisotopic (exact) mass is 231 g/mol. The van der Waals surface area contributed by atoms with Crippen molar-refractivity contribution in [2.24, 2.45) is 11.7 Å². The largest absolute Gasteiger partial charge is 0.493 e. The zero-order valence-corrected chi connectivity index (χ0v) is 9.39. The minimum atomic E-state index is -0.332. The summed E-state index contributed by atoms with van der Waals surface area (Å²) in [4.78, 5) is 0. The minimum Gasteiger partial charge on any atom is -0.493 e. The van der Waals surface area contributed by atoms with Crippen molar-refractivity contribution in [3.8, 4) is 5.75 Å². The van der Waals surface area contributed by atoms with Gasteiger partial charge in [0.2, 0.25) is 0 Å². The van der Waals surface area contributed by atoms with Gasteiger partial charge in [-0.2, -0.15) is 0 Å². The summed E-state index contributed by atoms with van der Waals surface area (Å²) in [6.07, 6.45) is 2.28. The third kappa shape index (κ3) is 2.41. The van der Waals surface area contributed by atoms with E-state index in [1.54, 1.807) is 6.07 Å². The Hall–Kier alpha value is -0.800. The number of nitrogens with two attached hydrogens (primary N) is 1. The van der Waals surface area contributed by atoms with Gasteiger partial charge in [-0.15, -0.1) is 12.4 Å². The van der Waals surface area contributed by atoms with E-state index < -0.39 is 0 Å². The second-order valence-electron chi connectivity index (χ2n) is 3.73. The van der Waals surface area contributed by atoms with Crippen LogP contribution in [0, 0.1) is 11.7 Å². The Morgan fingerprint density at radius 1 is 1.47 bits per heavy atom. The number of ether oxygens (including phenoxy) is 1. The summed E-state index contributed by atoms with van der Waals surface area (Å²) in [6.45, 7) is 0. The molecule has 0 bridgehead atoms. The maximum Gasteiger partial charge on any atom is 0.165 e. The molecule has 0 spiro atoms. The number of hydrogen-bond donors (Lipinski definition) is 1. The molecular weight excluding hydrogens is 217 g/mol. The molecular formula is C11H15ClFNO. The average molecular weight is 232 g/mol. The van der Waals surface area contributed by atoms with Crippen molar-refractivity contribution in [2.75, 3.05) is 7.11 Å². The molecule has 1 aliphatic carbocycles. The number of hydrogen-bond acceptors (Lipinski definition) is 2. The molecule has 2 N–H and O–H groups in total. The Morgan fingerprint density at radius 2 is 2.13 bits per heavy atom.